The fourth-order valence-electron chi connectivity index (χ4n) is 2.58. The van der Waals surface area contributed by atoms with E-state index in [0.717, 1.165) is 11.4 Å². The van der Waals surface area contributed by atoms with Gasteiger partial charge in [-0.15, -0.1) is 0 Å². The van der Waals surface area contributed by atoms with Crippen molar-refractivity contribution in [3.05, 3.63) is 60.7 Å². The Balaban J connectivity index is 1.69. The highest BCUT2D eigenvalue weighted by Crippen LogP contribution is 2.32. The van der Waals surface area contributed by atoms with E-state index in [4.69, 9.17) is 0 Å². The zero-order valence-corrected chi connectivity index (χ0v) is 12.6. The molecule has 0 spiro atoms. The van der Waals surface area contributed by atoms with Crippen LogP contribution in [0.25, 0.3) is 33.9 Å². The number of benzene rings is 2. The molecule has 4 rings (SSSR count). The van der Waals surface area contributed by atoms with Crippen LogP contribution in [0.3, 0.4) is 0 Å². The molecule has 0 amide bonds. The summed E-state index contributed by atoms with van der Waals surface area (Å²) in [6.45, 7) is 0. The minimum atomic E-state index is 0.176. The van der Waals surface area contributed by atoms with Crippen molar-refractivity contribution in [2.75, 3.05) is 0 Å². The highest BCUT2D eigenvalue weighted by Gasteiger charge is 2.13. The molecule has 0 saturated carbocycles. The van der Waals surface area contributed by atoms with Crippen LogP contribution in [0.4, 0.5) is 0 Å². The van der Waals surface area contributed by atoms with Gasteiger partial charge in [-0.3, -0.25) is 10.2 Å². The molecule has 0 unspecified atom stereocenters. The highest BCUT2D eigenvalue weighted by atomic mass is 16.3. The number of para-hydroxylation sites is 2. The maximum absolute atomic E-state index is 9.93. The van der Waals surface area contributed by atoms with Crippen LogP contribution in [0.2, 0.25) is 0 Å². The summed E-state index contributed by atoms with van der Waals surface area (Å²) in [6.07, 6.45) is 0. The van der Waals surface area contributed by atoms with Crippen molar-refractivity contribution in [2.45, 2.75) is 0 Å². The first-order valence-electron chi connectivity index (χ1n) is 7.40. The van der Waals surface area contributed by atoms with E-state index in [1.807, 2.05) is 24.3 Å². The van der Waals surface area contributed by atoms with E-state index in [1.165, 1.54) is 0 Å². The van der Waals surface area contributed by atoms with Crippen molar-refractivity contribution in [1.29, 1.82) is 0 Å². The van der Waals surface area contributed by atoms with Crippen molar-refractivity contribution < 1.29 is 10.2 Å². The number of phenols is 2. The van der Waals surface area contributed by atoms with Crippen molar-refractivity contribution in [3.8, 4) is 45.4 Å². The quantitative estimate of drug-likeness (QED) is 0.464. The third kappa shape index (κ3) is 2.40. The van der Waals surface area contributed by atoms with Crippen LogP contribution in [0.5, 0.6) is 11.5 Å². The van der Waals surface area contributed by atoms with Gasteiger partial charge in [0.1, 0.15) is 11.5 Å². The van der Waals surface area contributed by atoms with Gasteiger partial charge in [-0.2, -0.15) is 10.2 Å². The Morgan fingerprint density at radius 2 is 1.04 bits per heavy atom. The van der Waals surface area contributed by atoms with E-state index >= 15 is 0 Å². The molecule has 118 valence electrons. The SMILES string of the molecule is Oc1ccccc1-c1cc(-c2cc(-c3ccccc3O)n[nH]2)[nH]n1. The molecular weight excluding hydrogens is 304 g/mol. The van der Waals surface area contributed by atoms with Crippen LogP contribution < -0.4 is 0 Å². The molecule has 6 nitrogen and oxygen atoms in total. The van der Waals surface area contributed by atoms with Gasteiger partial charge in [0.05, 0.1) is 22.8 Å². The third-order valence-corrected chi connectivity index (χ3v) is 3.81. The van der Waals surface area contributed by atoms with Gasteiger partial charge in [-0.05, 0) is 36.4 Å². The molecule has 2 heterocycles. The number of aromatic amines is 2. The predicted molar refractivity (Wildman–Crippen MR) is 90.4 cm³/mol. The summed E-state index contributed by atoms with van der Waals surface area (Å²) in [6, 6.07) is 17.7. The second-order valence-corrected chi connectivity index (χ2v) is 5.37. The molecule has 4 N–H and O–H groups in total. The molecular formula is C18H14N4O2. The summed E-state index contributed by atoms with van der Waals surface area (Å²) >= 11 is 0. The predicted octanol–water partition coefficient (Wildman–Crippen LogP) is 3.55. The lowest BCUT2D eigenvalue weighted by atomic mass is 10.1. The van der Waals surface area contributed by atoms with Crippen LogP contribution >= 0.6 is 0 Å². The summed E-state index contributed by atoms with van der Waals surface area (Å²) in [5.41, 5.74) is 4.06. The van der Waals surface area contributed by atoms with Crippen molar-refractivity contribution in [3.63, 3.8) is 0 Å². The molecule has 6 heteroatoms. The minimum Gasteiger partial charge on any atom is -0.507 e. The lowest BCUT2D eigenvalue weighted by molar-refractivity contribution is 0.476. The smallest absolute Gasteiger partial charge is 0.125 e. The van der Waals surface area contributed by atoms with E-state index in [1.54, 1.807) is 36.4 Å². The first-order chi connectivity index (χ1) is 11.7. The van der Waals surface area contributed by atoms with Crippen molar-refractivity contribution in [1.82, 2.24) is 20.4 Å². The Morgan fingerprint density at radius 3 is 1.46 bits per heavy atom. The average molecular weight is 318 g/mol. The van der Waals surface area contributed by atoms with E-state index in [-0.39, 0.29) is 11.5 Å². The lowest BCUT2D eigenvalue weighted by Gasteiger charge is -1.98. The standard InChI is InChI=1S/C18H14N4O2/c23-17-7-3-1-5-11(17)13-9-15(21-19-13)16-10-14(20-22-16)12-6-2-4-8-18(12)24/h1-10,23-24H,(H,19,21)(H,20,22). The average Bonchev–Trinajstić information content (AvgIpc) is 3.25. The Morgan fingerprint density at radius 1 is 0.625 bits per heavy atom. The number of nitrogens with one attached hydrogen (secondary N) is 2. The summed E-state index contributed by atoms with van der Waals surface area (Å²) in [4.78, 5) is 0. The van der Waals surface area contributed by atoms with E-state index < -0.39 is 0 Å². The van der Waals surface area contributed by atoms with Crippen molar-refractivity contribution in [2.24, 2.45) is 0 Å². The first-order valence-corrected chi connectivity index (χ1v) is 7.40. The normalized spacial score (nSPS) is 10.8. The fraction of sp³-hybridized carbons (Fsp3) is 0. The van der Waals surface area contributed by atoms with Crippen molar-refractivity contribution >= 4 is 0 Å². The largest absolute Gasteiger partial charge is 0.507 e. The minimum absolute atomic E-state index is 0.176. The molecule has 0 aliphatic carbocycles. The molecule has 0 radical (unpaired) electrons. The monoisotopic (exact) mass is 318 g/mol. The molecule has 0 atom stereocenters. The number of nitrogens with zero attached hydrogens (tertiary/aromatic N) is 2. The Hall–Kier alpha value is -3.54. The highest BCUT2D eigenvalue weighted by molar-refractivity contribution is 5.74. The number of aromatic nitrogens is 4. The number of phenolic OH excluding ortho intramolecular Hbond substituents is 2. The molecule has 2 aromatic heterocycles. The summed E-state index contributed by atoms with van der Waals surface area (Å²) in [5.74, 6) is 0.352. The third-order valence-electron chi connectivity index (χ3n) is 3.81. The molecule has 0 bridgehead atoms. The second kappa shape index (κ2) is 5.58. The number of H-pyrrole nitrogens is 2. The number of rotatable bonds is 3. The van der Waals surface area contributed by atoms with Gasteiger partial charge in [0.15, 0.2) is 0 Å². The van der Waals surface area contributed by atoms with E-state index in [9.17, 15) is 10.2 Å². The maximum atomic E-state index is 9.93. The zero-order chi connectivity index (χ0) is 16.5. The fourth-order valence-corrected chi connectivity index (χ4v) is 2.58. The van der Waals surface area contributed by atoms with Gasteiger partial charge in [-0.1, -0.05) is 24.3 Å². The first kappa shape index (κ1) is 14.1. The van der Waals surface area contributed by atoms with Gasteiger partial charge < -0.3 is 10.2 Å². The number of hydrogen-bond acceptors (Lipinski definition) is 4. The van der Waals surface area contributed by atoms with Gasteiger partial charge in [0.2, 0.25) is 0 Å². The molecule has 0 fully saturated rings. The molecule has 24 heavy (non-hydrogen) atoms. The molecule has 0 aliphatic heterocycles. The van der Waals surface area contributed by atoms with Crippen LogP contribution in [-0.4, -0.2) is 30.6 Å². The summed E-state index contributed by atoms with van der Waals surface area (Å²) in [7, 11) is 0. The van der Waals surface area contributed by atoms with Gasteiger partial charge in [0.25, 0.3) is 0 Å². The van der Waals surface area contributed by atoms with Gasteiger partial charge in [0, 0.05) is 11.1 Å². The van der Waals surface area contributed by atoms with Gasteiger partial charge >= 0.3 is 0 Å². The van der Waals surface area contributed by atoms with Crippen LogP contribution in [-0.2, 0) is 0 Å². The topological polar surface area (TPSA) is 97.8 Å². The van der Waals surface area contributed by atoms with Gasteiger partial charge in [-0.25, -0.2) is 0 Å². The molecule has 0 aliphatic rings. The Bertz CT molecular complexity index is 922. The van der Waals surface area contributed by atoms with E-state index in [0.29, 0.717) is 22.5 Å². The van der Waals surface area contributed by atoms with E-state index in [2.05, 4.69) is 20.4 Å². The molecule has 0 saturated heterocycles. The second-order valence-electron chi connectivity index (χ2n) is 5.37. The Kier molecular flexibility index (Phi) is 3.28. The zero-order valence-electron chi connectivity index (χ0n) is 12.6. The maximum Gasteiger partial charge on any atom is 0.125 e. The number of aromatic hydroxyl groups is 2. The molecule has 2 aromatic carbocycles. The number of hydrogen-bond donors (Lipinski definition) is 4. The van der Waals surface area contributed by atoms with Crippen LogP contribution in [0.15, 0.2) is 60.7 Å². The summed E-state index contributed by atoms with van der Waals surface area (Å²) < 4.78 is 0. The van der Waals surface area contributed by atoms with Crippen LogP contribution in [0, 0.1) is 0 Å². The molecule has 4 aromatic rings. The lowest BCUT2D eigenvalue weighted by Crippen LogP contribution is -1.78. The Labute approximate surface area is 137 Å². The van der Waals surface area contributed by atoms with Crippen LogP contribution in [0.1, 0.15) is 0 Å². The summed E-state index contributed by atoms with van der Waals surface area (Å²) in [5, 5.41) is 34.2.